The monoisotopic (exact) mass is 343 g/mol. The molecular formula is C16H22ClNO3S. The minimum atomic E-state index is -3.01. The minimum Gasteiger partial charge on any atom is -0.334 e. The topological polar surface area (TPSA) is 54.5 Å². The van der Waals surface area contributed by atoms with Crippen LogP contribution in [0.1, 0.15) is 38.2 Å². The molecule has 0 bridgehead atoms. The second kappa shape index (κ2) is 7.47. The van der Waals surface area contributed by atoms with E-state index in [9.17, 15) is 13.2 Å². The number of nitrogens with zero attached hydrogens (tertiary/aromatic N) is 1. The fourth-order valence-corrected chi connectivity index (χ4v) is 4.56. The van der Waals surface area contributed by atoms with E-state index in [1.54, 1.807) is 17.0 Å². The van der Waals surface area contributed by atoms with Crippen LogP contribution in [0.5, 0.6) is 0 Å². The second-order valence-corrected chi connectivity index (χ2v) is 8.47. The Hall–Kier alpha value is -1.07. The maximum Gasteiger partial charge on any atom is 0.223 e. The van der Waals surface area contributed by atoms with Gasteiger partial charge in [-0.2, -0.15) is 0 Å². The SMILES string of the molecule is CCCCC(=O)N(Cc1ccc(Cl)cc1)[C@@H]1CCS(=O)(=O)C1. The van der Waals surface area contributed by atoms with Gasteiger partial charge in [-0.25, -0.2) is 8.42 Å². The molecule has 1 aromatic carbocycles. The summed E-state index contributed by atoms with van der Waals surface area (Å²) in [6, 6.07) is 7.14. The molecule has 1 amide bonds. The Morgan fingerprint density at radius 2 is 2.00 bits per heavy atom. The number of benzene rings is 1. The third-order valence-electron chi connectivity index (χ3n) is 3.98. The van der Waals surface area contributed by atoms with Crippen LogP contribution in [0.3, 0.4) is 0 Å². The number of hydrogen-bond donors (Lipinski definition) is 0. The van der Waals surface area contributed by atoms with E-state index in [1.165, 1.54) is 0 Å². The number of halogens is 1. The lowest BCUT2D eigenvalue weighted by Crippen LogP contribution is -2.40. The predicted octanol–water partition coefficient (Wildman–Crippen LogP) is 3.05. The van der Waals surface area contributed by atoms with Crippen LogP contribution in [0.2, 0.25) is 5.02 Å². The van der Waals surface area contributed by atoms with E-state index < -0.39 is 9.84 Å². The van der Waals surface area contributed by atoms with Crippen molar-refractivity contribution in [3.05, 3.63) is 34.9 Å². The molecule has 1 atom stereocenters. The molecule has 22 heavy (non-hydrogen) atoms. The lowest BCUT2D eigenvalue weighted by molar-refractivity contribution is -0.133. The van der Waals surface area contributed by atoms with E-state index in [4.69, 9.17) is 11.6 Å². The van der Waals surface area contributed by atoms with E-state index in [-0.39, 0.29) is 23.5 Å². The van der Waals surface area contributed by atoms with E-state index in [0.717, 1.165) is 18.4 Å². The van der Waals surface area contributed by atoms with Crippen molar-refractivity contribution in [1.29, 1.82) is 0 Å². The van der Waals surface area contributed by atoms with Gasteiger partial charge in [-0.05, 0) is 30.5 Å². The highest BCUT2D eigenvalue weighted by Crippen LogP contribution is 2.22. The van der Waals surface area contributed by atoms with Crippen molar-refractivity contribution in [3.8, 4) is 0 Å². The molecule has 0 aromatic heterocycles. The van der Waals surface area contributed by atoms with Gasteiger partial charge in [-0.3, -0.25) is 4.79 Å². The highest BCUT2D eigenvalue weighted by Gasteiger charge is 2.34. The number of unbranched alkanes of at least 4 members (excludes halogenated alkanes) is 1. The Kier molecular flexibility index (Phi) is 5.87. The summed E-state index contributed by atoms with van der Waals surface area (Å²) in [6.45, 7) is 2.48. The molecule has 0 saturated carbocycles. The number of amides is 1. The van der Waals surface area contributed by atoms with Crippen LogP contribution < -0.4 is 0 Å². The third-order valence-corrected chi connectivity index (χ3v) is 5.98. The first-order valence-electron chi connectivity index (χ1n) is 7.65. The summed E-state index contributed by atoms with van der Waals surface area (Å²) in [4.78, 5) is 14.2. The maximum absolute atomic E-state index is 12.5. The third kappa shape index (κ3) is 4.71. The zero-order chi connectivity index (χ0) is 16.2. The minimum absolute atomic E-state index is 0.0406. The molecule has 0 aliphatic carbocycles. The molecule has 0 spiro atoms. The van der Waals surface area contributed by atoms with E-state index in [2.05, 4.69) is 0 Å². The van der Waals surface area contributed by atoms with Crippen LogP contribution in [0.4, 0.5) is 0 Å². The maximum atomic E-state index is 12.5. The van der Waals surface area contributed by atoms with Gasteiger partial charge in [0.15, 0.2) is 9.84 Å². The predicted molar refractivity (Wildman–Crippen MR) is 88.6 cm³/mol. The van der Waals surface area contributed by atoms with Crippen LogP contribution in [-0.2, 0) is 21.2 Å². The molecule has 122 valence electrons. The fraction of sp³-hybridized carbons (Fsp3) is 0.562. The van der Waals surface area contributed by atoms with Gasteiger partial charge in [0.1, 0.15) is 0 Å². The molecule has 1 fully saturated rings. The molecule has 1 heterocycles. The largest absolute Gasteiger partial charge is 0.334 e. The molecule has 6 heteroatoms. The molecular weight excluding hydrogens is 322 g/mol. The lowest BCUT2D eigenvalue weighted by atomic mass is 10.1. The average Bonchev–Trinajstić information content (AvgIpc) is 2.84. The summed E-state index contributed by atoms with van der Waals surface area (Å²) in [7, 11) is -3.01. The molecule has 1 aromatic rings. The Morgan fingerprint density at radius 1 is 1.32 bits per heavy atom. The van der Waals surface area contributed by atoms with Gasteiger partial charge < -0.3 is 4.90 Å². The number of hydrogen-bond acceptors (Lipinski definition) is 3. The lowest BCUT2D eigenvalue weighted by Gasteiger charge is -2.28. The summed E-state index contributed by atoms with van der Waals surface area (Å²) >= 11 is 5.88. The number of carbonyl (C=O) groups is 1. The van der Waals surface area contributed by atoms with Crippen molar-refractivity contribution in [2.75, 3.05) is 11.5 Å². The summed E-state index contributed by atoms with van der Waals surface area (Å²) in [5.41, 5.74) is 0.971. The first-order chi connectivity index (χ1) is 10.4. The Labute approximate surface area is 137 Å². The fourth-order valence-electron chi connectivity index (χ4n) is 2.70. The van der Waals surface area contributed by atoms with Crippen LogP contribution in [0.25, 0.3) is 0 Å². The highest BCUT2D eigenvalue weighted by molar-refractivity contribution is 7.91. The summed E-state index contributed by atoms with van der Waals surface area (Å²) in [5, 5.41) is 0.649. The Morgan fingerprint density at radius 3 is 2.55 bits per heavy atom. The Balaban J connectivity index is 2.14. The van der Waals surface area contributed by atoms with Crippen molar-refractivity contribution in [2.45, 2.75) is 45.2 Å². The number of carbonyl (C=O) groups excluding carboxylic acids is 1. The normalized spacial score (nSPS) is 20.0. The molecule has 1 saturated heterocycles. The molecule has 0 unspecified atom stereocenters. The van der Waals surface area contributed by atoms with Crippen LogP contribution in [0.15, 0.2) is 24.3 Å². The number of rotatable bonds is 6. The zero-order valence-electron chi connectivity index (χ0n) is 12.8. The van der Waals surface area contributed by atoms with Gasteiger partial charge in [-0.15, -0.1) is 0 Å². The highest BCUT2D eigenvalue weighted by atomic mass is 35.5. The van der Waals surface area contributed by atoms with Crippen molar-refractivity contribution >= 4 is 27.3 Å². The quantitative estimate of drug-likeness (QED) is 0.797. The average molecular weight is 344 g/mol. The zero-order valence-corrected chi connectivity index (χ0v) is 14.4. The second-order valence-electron chi connectivity index (χ2n) is 5.81. The number of sulfone groups is 1. The van der Waals surface area contributed by atoms with Gasteiger partial charge in [0.2, 0.25) is 5.91 Å². The summed E-state index contributed by atoms with van der Waals surface area (Å²) < 4.78 is 23.4. The Bertz CT molecular complexity index is 613. The van der Waals surface area contributed by atoms with Crippen molar-refractivity contribution in [3.63, 3.8) is 0 Å². The van der Waals surface area contributed by atoms with Crippen molar-refractivity contribution in [1.82, 2.24) is 4.90 Å². The van der Waals surface area contributed by atoms with Gasteiger partial charge in [0.05, 0.1) is 11.5 Å². The molecule has 0 radical (unpaired) electrons. The summed E-state index contributed by atoms with van der Waals surface area (Å²) in [5.74, 6) is 0.299. The molecule has 0 N–H and O–H groups in total. The van der Waals surface area contributed by atoms with Crippen LogP contribution in [0, 0.1) is 0 Å². The van der Waals surface area contributed by atoms with Crippen molar-refractivity contribution < 1.29 is 13.2 Å². The molecule has 4 nitrogen and oxygen atoms in total. The molecule has 2 rings (SSSR count). The first-order valence-corrected chi connectivity index (χ1v) is 9.85. The smallest absolute Gasteiger partial charge is 0.223 e. The van der Waals surface area contributed by atoms with E-state index >= 15 is 0 Å². The van der Waals surface area contributed by atoms with Crippen LogP contribution in [-0.4, -0.2) is 36.8 Å². The van der Waals surface area contributed by atoms with Gasteiger partial charge >= 0.3 is 0 Å². The van der Waals surface area contributed by atoms with E-state index in [1.807, 2.05) is 19.1 Å². The first kappa shape index (κ1) is 17.3. The van der Waals surface area contributed by atoms with E-state index in [0.29, 0.717) is 24.4 Å². The van der Waals surface area contributed by atoms with Crippen LogP contribution >= 0.6 is 11.6 Å². The van der Waals surface area contributed by atoms with Crippen molar-refractivity contribution in [2.24, 2.45) is 0 Å². The standard InChI is InChI=1S/C16H22ClNO3S/c1-2-3-4-16(19)18(15-9-10-22(20,21)12-15)11-13-5-7-14(17)8-6-13/h5-8,15H,2-4,9-12H2,1H3/t15-/m1/s1. The van der Waals surface area contributed by atoms with Gasteiger partial charge in [0.25, 0.3) is 0 Å². The van der Waals surface area contributed by atoms with Gasteiger partial charge in [-0.1, -0.05) is 37.1 Å². The van der Waals surface area contributed by atoms with Gasteiger partial charge in [0, 0.05) is 24.0 Å². The molecule has 1 aliphatic rings. The summed E-state index contributed by atoms with van der Waals surface area (Å²) in [6.07, 6.45) is 2.79. The molecule has 1 aliphatic heterocycles.